The smallest absolute Gasteiger partial charge is 0.253 e. The molecule has 0 aliphatic heterocycles. The molecule has 0 aliphatic carbocycles. The van der Waals surface area contributed by atoms with Gasteiger partial charge in [-0.25, -0.2) is 4.39 Å². The van der Waals surface area contributed by atoms with Crippen LogP contribution in [0.25, 0.3) is 16.9 Å². The molecule has 2 aromatic carbocycles. The summed E-state index contributed by atoms with van der Waals surface area (Å²) in [5, 5.41) is 24.6. The van der Waals surface area contributed by atoms with Crippen LogP contribution in [0.5, 0.6) is 5.75 Å². The number of nitrogens with zero attached hydrogens (tertiary/aromatic N) is 4. The molecule has 0 saturated heterocycles. The van der Waals surface area contributed by atoms with Crippen molar-refractivity contribution in [1.82, 2.24) is 25.1 Å². The summed E-state index contributed by atoms with van der Waals surface area (Å²) in [6, 6.07) is 14.6. The van der Waals surface area contributed by atoms with Crippen LogP contribution in [-0.2, 0) is 6.42 Å². The summed E-state index contributed by atoms with van der Waals surface area (Å²) in [5.74, 6) is -0.295. The quantitative estimate of drug-likeness (QED) is 0.570. The van der Waals surface area contributed by atoms with Crippen LogP contribution in [-0.4, -0.2) is 37.9 Å². The highest BCUT2D eigenvalue weighted by Gasteiger charge is 2.14. The largest absolute Gasteiger partial charge is 0.508 e. The Bertz CT molecular complexity index is 1170. The molecule has 0 unspecified atom stereocenters. The van der Waals surface area contributed by atoms with E-state index in [1.54, 1.807) is 47.0 Å². The maximum atomic E-state index is 14.3. The van der Waals surface area contributed by atoms with Gasteiger partial charge in [0.1, 0.15) is 11.6 Å². The molecule has 4 rings (SSSR count). The zero-order valence-electron chi connectivity index (χ0n) is 14.9. The monoisotopic (exact) mass is 377 g/mol. The molecule has 0 saturated carbocycles. The number of phenols is 1. The van der Waals surface area contributed by atoms with E-state index in [1.165, 1.54) is 19.2 Å². The molecule has 0 spiro atoms. The van der Waals surface area contributed by atoms with Crippen LogP contribution < -0.4 is 5.32 Å². The van der Waals surface area contributed by atoms with E-state index in [0.717, 1.165) is 5.56 Å². The predicted molar refractivity (Wildman–Crippen MR) is 100 cm³/mol. The fourth-order valence-corrected chi connectivity index (χ4v) is 2.89. The third-order valence-corrected chi connectivity index (χ3v) is 4.36. The maximum absolute atomic E-state index is 14.3. The first kappa shape index (κ1) is 17.6. The van der Waals surface area contributed by atoms with Crippen molar-refractivity contribution in [2.45, 2.75) is 6.42 Å². The van der Waals surface area contributed by atoms with Crippen LogP contribution in [0, 0.1) is 5.82 Å². The van der Waals surface area contributed by atoms with E-state index in [9.17, 15) is 14.3 Å². The van der Waals surface area contributed by atoms with Gasteiger partial charge in [-0.05, 0) is 42.0 Å². The van der Waals surface area contributed by atoms with Gasteiger partial charge < -0.3 is 10.4 Å². The van der Waals surface area contributed by atoms with Crippen molar-refractivity contribution >= 4 is 11.6 Å². The number of phenolic OH excluding ortho intramolecular Hbond substituents is 1. The fourth-order valence-electron chi connectivity index (χ4n) is 2.89. The maximum Gasteiger partial charge on any atom is 0.253 e. The molecule has 140 valence electrons. The second-order valence-electron chi connectivity index (χ2n) is 6.22. The third-order valence-electron chi connectivity index (χ3n) is 4.36. The number of hydrogen-bond acceptors (Lipinski definition) is 5. The number of aromatic nitrogens is 4. The molecule has 2 heterocycles. The van der Waals surface area contributed by atoms with Gasteiger partial charge in [-0.1, -0.05) is 18.2 Å². The molecule has 0 radical (unpaired) electrons. The molecule has 2 N–H and O–H groups in total. The molecular formula is C20H16FN5O2. The first-order valence-corrected chi connectivity index (χ1v) is 8.56. The van der Waals surface area contributed by atoms with E-state index in [4.69, 9.17) is 0 Å². The molecule has 4 aromatic rings. The first-order valence-electron chi connectivity index (χ1n) is 8.56. The van der Waals surface area contributed by atoms with Crippen molar-refractivity contribution in [3.8, 4) is 17.0 Å². The minimum atomic E-state index is -0.619. The number of hydrogen-bond donors (Lipinski definition) is 2. The summed E-state index contributed by atoms with van der Waals surface area (Å²) in [6.07, 6.45) is 0.474. The van der Waals surface area contributed by atoms with Crippen molar-refractivity contribution in [3.63, 3.8) is 0 Å². The van der Waals surface area contributed by atoms with E-state index in [0.29, 0.717) is 29.1 Å². The third kappa shape index (κ3) is 3.27. The zero-order valence-corrected chi connectivity index (χ0v) is 14.9. The highest BCUT2D eigenvalue weighted by atomic mass is 19.1. The average molecular weight is 377 g/mol. The second kappa shape index (κ2) is 7.07. The van der Waals surface area contributed by atoms with E-state index >= 15 is 0 Å². The molecule has 0 fully saturated rings. The Balaban J connectivity index is 1.70. The lowest BCUT2D eigenvalue weighted by molar-refractivity contribution is 0.0959. The van der Waals surface area contributed by atoms with Crippen LogP contribution in [0.1, 0.15) is 21.7 Å². The van der Waals surface area contributed by atoms with Crippen molar-refractivity contribution in [1.29, 1.82) is 0 Å². The van der Waals surface area contributed by atoms with Crippen molar-refractivity contribution in [3.05, 3.63) is 77.4 Å². The predicted octanol–water partition coefficient (Wildman–Crippen LogP) is 2.59. The fraction of sp³-hybridized carbons (Fsp3) is 0.100. The van der Waals surface area contributed by atoms with Gasteiger partial charge in [0.25, 0.3) is 5.91 Å². The molecule has 1 amide bonds. The standard InChI is InChI=1S/C20H16FN5O2/c1-22-20(28)15-7-4-13(11-16(15)21)17-8-9-18-23-24-19(26(18)25-17)10-12-2-5-14(27)6-3-12/h2-9,11,27H,10H2,1H3,(H,22,28). The topological polar surface area (TPSA) is 92.4 Å². The summed E-state index contributed by atoms with van der Waals surface area (Å²) >= 11 is 0. The number of carbonyl (C=O) groups excluding carboxylic acids is 1. The minimum absolute atomic E-state index is 0.0235. The number of benzene rings is 2. The van der Waals surface area contributed by atoms with Gasteiger partial charge in [0.2, 0.25) is 0 Å². The molecule has 7 nitrogen and oxygen atoms in total. The molecule has 2 aromatic heterocycles. The van der Waals surface area contributed by atoms with Crippen molar-refractivity contribution in [2.24, 2.45) is 0 Å². The van der Waals surface area contributed by atoms with Gasteiger partial charge in [-0.2, -0.15) is 9.61 Å². The molecule has 0 atom stereocenters. The molecule has 0 aliphatic rings. The molecule has 28 heavy (non-hydrogen) atoms. The van der Waals surface area contributed by atoms with Crippen LogP contribution in [0.4, 0.5) is 4.39 Å². The normalized spacial score (nSPS) is 10.9. The highest BCUT2D eigenvalue weighted by molar-refractivity contribution is 5.94. The SMILES string of the molecule is CNC(=O)c1ccc(-c2ccc3nnc(Cc4ccc(O)cc4)n3n2)cc1F. The Labute approximate surface area is 159 Å². The summed E-state index contributed by atoms with van der Waals surface area (Å²) < 4.78 is 15.9. The Morgan fingerprint density at radius 2 is 1.89 bits per heavy atom. The number of carbonyl (C=O) groups is 1. The number of aromatic hydroxyl groups is 1. The lowest BCUT2D eigenvalue weighted by Crippen LogP contribution is -2.19. The number of nitrogens with one attached hydrogen (secondary N) is 1. The van der Waals surface area contributed by atoms with Gasteiger partial charge in [-0.3, -0.25) is 4.79 Å². The van der Waals surface area contributed by atoms with E-state index < -0.39 is 11.7 Å². The number of halogens is 1. The molecule has 0 bridgehead atoms. The second-order valence-corrected chi connectivity index (χ2v) is 6.22. The minimum Gasteiger partial charge on any atom is -0.508 e. The van der Waals surface area contributed by atoms with Gasteiger partial charge in [0.15, 0.2) is 11.5 Å². The van der Waals surface area contributed by atoms with Gasteiger partial charge >= 0.3 is 0 Å². The van der Waals surface area contributed by atoms with E-state index in [1.807, 2.05) is 0 Å². The zero-order chi connectivity index (χ0) is 19.7. The number of fused-ring (bicyclic) bond motifs is 1. The first-order chi connectivity index (χ1) is 13.5. The van der Waals surface area contributed by atoms with Gasteiger partial charge in [-0.15, -0.1) is 10.2 Å². The van der Waals surface area contributed by atoms with E-state index in [2.05, 4.69) is 20.6 Å². The van der Waals surface area contributed by atoms with Gasteiger partial charge in [0, 0.05) is 19.0 Å². The summed E-state index contributed by atoms with van der Waals surface area (Å²) in [4.78, 5) is 11.7. The Morgan fingerprint density at radius 1 is 1.11 bits per heavy atom. The summed E-state index contributed by atoms with van der Waals surface area (Å²) in [5.41, 5.74) is 2.56. The van der Waals surface area contributed by atoms with Crippen LogP contribution >= 0.6 is 0 Å². The Morgan fingerprint density at radius 3 is 2.61 bits per heavy atom. The van der Waals surface area contributed by atoms with Crippen LogP contribution in [0.15, 0.2) is 54.6 Å². The number of amides is 1. The highest BCUT2D eigenvalue weighted by Crippen LogP contribution is 2.21. The molecular weight excluding hydrogens is 361 g/mol. The molecule has 8 heteroatoms. The summed E-state index contributed by atoms with van der Waals surface area (Å²) in [6.45, 7) is 0. The Kier molecular flexibility index (Phi) is 4.44. The van der Waals surface area contributed by atoms with Crippen LogP contribution in [0.2, 0.25) is 0 Å². The lowest BCUT2D eigenvalue weighted by Gasteiger charge is -2.06. The van der Waals surface area contributed by atoms with Crippen LogP contribution in [0.3, 0.4) is 0 Å². The van der Waals surface area contributed by atoms with Crippen molar-refractivity contribution in [2.75, 3.05) is 7.05 Å². The average Bonchev–Trinajstić information content (AvgIpc) is 3.11. The number of rotatable bonds is 4. The van der Waals surface area contributed by atoms with E-state index in [-0.39, 0.29) is 11.3 Å². The summed E-state index contributed by atoms with van der Waals surface area (Å²) in [7, 11) is 1.45. The van der Waals surface area contributed by atoms with Crippen molar-refractivity contribution < 1.29 is 14.3 Å². The lowest BCUT2D eigenvalue weighted by atomic mass is 10.1. The Hall–Kier alpha value is -3.81. The van der Waals surface area contributed by atoms with Gasteiger partial charge in [0.05, 0.1) is 11.3 Å².